The van der Waals surface area contributed by atoms with E-state index in [1.165, 1.54) is 148 Å². The molecule has 0 aromatic rings. The van der Waals surface area contributed by atoms with E-state index in [4.69, 9.17) is 14.2 Å². The van der Waals surface area contributed by atoms with Crippen molar-refractivity contribution in [2.45, 2.75) is 252 Å². The second-order valence-electron chi connectivity index (χ2n) is 15.0. The minimum absolute atomic E-state index is 0.0634. The van der Waals surface area contributed by atoms with E-state index in [9.17, 15) is 14.4 Å². The van der Waals surface area contributed by atoms with E-state index in [0.717, 1.165) is 57.8 Å². The minimum Gasteiger partial charge on any atom is -0.462 e. The second-order valence-corrected chi connectivity index (χ2v) is 15.0. The monoisotopic (exact) mass is 709 g/mol. The van der Waals surface area contributed by atoms with Gasteiger partial charge in [-0.15, -0.1) is 0 Å². The van der Waals surface area contributed by atoms with Crippen molar-refractivity contribution >= 4 is 17.9 Å². The smallest absolute Gasteiger partial charge is 0.306 e. The van der Waals surface area contributed by atoms with Gasteiger partial charge >= 0.3 is 17.9 Å². The molecule has 0 bridgehead atoms. The first-order valence-corrected chi connectivity index (χ1v) is 22.0. The first kappa shape index (κ1) is 48.4. The molecule has 0 heterocycles. The third kappa shape index (κ3) is 37.7. The van der Waals surface area contributed by atoms with Crippen LogP contribution in [0.2, 0.25) is 0 Å². The summed E-state index contributed by atoms with van der Waals surface area (Å²) < 4.78 is 16.6. The van der Waals surface area contributed by atoms with Crippen molar-refractivity contribution < 1.29 is 28.6 Å². The summed E-state index contributed by atoms with van der Waals surface area (Å²) in [5, 5.41) is 0. The first-order valence-electron chi connectivity index (χ1n) is 22.0. The molecule has 0 amide bonds. The maximum Gasteiger partial charge on any atom is 0.306 e. The Morgan fingerprint density at radius 3 is 0.800 bits per heavy atom. The Balaban J connectivity index is 4.28. The van der Waals surface area contributed by atoms with E-state index in [1.54, 1.807) is 0 Å². The van der Waals surface area contributed by atoms with E-state index >= 15 is 0 Å². The van der Waals surface area contributed by atoms with Crippen LogP contribution in [-0.2, 0) is 28.6 Å². The van der Waals surface area contributed by atoms with Gasteiger partial charge in [0.05, 0.1) is 0 Å². The number of rotatable bonds is 40. The van der Waals surface area contributed by atoms with Crippen LogP contribution in [0.3, 0.4) is 0 Å². The van der Waals surface area contributed by atoms with Gasteiger partial charge in [-0.25, -0.2) is 0 Å². The number of unbranched alkanes of at least 4 members (excludes halogenated alkanes) is 29. The van der Waals surface area contributed by atoms with E-state index in [1.807, 2.05) is 0 Å². The normalized spacial score (nSPS) is 11.8. The molecule has 6 heteroatoms. The van der Waals surface area contributed by atoms with Crippen LogP contribution < -0.4 is 0 Å². The van der Waals surface area contributed by atoms with Crippen LogP contribution in [-0.4, -0.2) is 37.2 Å². The van der Waals surface area contributed by atoms with E-state index in [2.05, 4.69) is 20.8 Å². The van der Waals surface area contributed by atoms with E-state index in [0.29, 0.717) is 19.3 Å². The molecule has 0 aliphatic heterocycles. The van der Waals surface area contributed by atoms with Crippen LogP contribution in [0.4, 0.5) is 0 Å². The highest BCUT2D eigenvalue weighted by Crippen LogP contribution is 2.15. The van der Waals surface area contributed by atoms with Gasteiger partial charge in [-0.3, -0.25) is 14.4 Å². The molecule has 0 aromatic carbocycles. The Labute approximate surface area is 310 Å². The fourth-order valence-electron chi connectivity index (χ4n) is 6.50. The standard InChI is InChI=1S/C44H84O6/c1-4-7-10-13-16-18-20-22-24-26-29-32-35-38-44(47)50-41(39-48-42(45)36-33-30-27-15-12-9-6-3)40-49-43(46)37-34-31-28-25-23-21-19-17-14-11-8-5-2/h41H,4-40H2,1-3H3/t41-/m0/s1. The summed E-state index contributed by atoms with van der Waals surface area (Å²) in [5.74, 6) is -0.860. The highest BCUT2D eigenvalue weighted by molar-refractivity contribution is 5.71. The molecule has 0 unspecified atom stereocenters. The maximum atomic E-state index is 12.7. The van der Waals surface area contributed by atoms with Crippen molar-refractivity contribution in [3.8, 4) is 0 Å². The van der Waals surface area contributed by atoms with Crippen LogP contribution in [0, 0.1) is 0 Å². The van der Waals surface area contributed by atoms with Gasteiger partial charge in [0.1, 0.15) is 13.2 Å². The van der Waals surface area contributed by atoms with Crippen molar-refractivity contribution in [1.29, 1.82) is 0 Å². The molecule has 296 valence electrons. The number of esters is 3. The van der Waals surface area contributed by atoms with Gasteiger partial charge < -0.3 is 14.2 Å². The lowest BCUT2D eigenvalue weighted by Crippen LogP contribution is -2.30. The lowest BCUT2D eigenvalue weighted by atomic mass is 10.0. The Morgan fingerprint density at radius 2 is 0.540 bits per heavy atom. The van der Waals surface area contributed by atoms with Crippen molar-refractivity contribution in [2.24, 2.45) is 0 Å². The van der Waals surface area contributed by atoms with Gasteiger partial charge in [-0.1, -0.05) is 207 Å². The van der Waals surface area contributed by atoms with Gasteiger partial charge in [0.25, 0.3) is 0 Å². The molecule has 0 aliphatic carbocycles. The molecular formula is C44H84O6. The topological polar surface area (TPSA) is 78.9 Å². The zero-order chi connectivity index (χ0) is 36.6. The van der Waals surface area contributed by atoms with Gasteiger partial charge in [0, 0.05) is 19.3 Å². The molecule has 0 fully saturated rings. The molecule has 0 spiro atoms. The number of hydrogen-bond donors (Lipinski definition) is 0. The summed E-state index contributed by atoms with van der Waals surface area (Å²) in [6, 6.07) is 0. The Hall–Kier alpha value is -1.59. The Bertz CT molecular complexity index is 738. The summed E-state index contributed by atoms with van der Waals surface area (Å²) in [5.41, 5.74) is 0. The highest BCUT2D eigenvalue weighted by atomic mass is 16.6. The summed E-state index contributed by atoms with van der Waals surface area (Å²) in [7, 11) is 0. The molecule has 0 rings (SSSR count). The SMILES string of the molecule is CCCCCCCCCCCCCCCC(=O)O[C@@H](COC(=O)CCCCCCCCC)COC(=O)CCCCCCCCCCCCCC. The highest BCUT2D eigenvalue weighted by Gasteiger charge is 2.19. The van der Waals surface area contributed by atoms with Crippen molar-refractivity contribution in [3.63, 3.8) is 0 Å². The molecule has 6 nitrogen and oxygen atoms in total. The molecule has 0 aromatic heterocycles. The van der Waals surface area contributed by atoms with Crippen LogP contribution in [0.25, 0.3) is 0 Å². The van der Waals surface area contributed by atoms with Crippen LogP contribution in [0.5, 0.6) is 0 Å². The number of carbonyl (C=O) groups excluding carboxylic acids is 3. The molecule has 0 N–H and O–H groups in total. The van der Waals surface area contributed by atoms with Crippen molar-refractivity contribution in [3.05, 3.63) is 0 Å². The zero-order valence-electron chi connectivity index (χ0n) is 33.7. The van der Waals surface area contributed by atoms with E-state index < -0.39 is 6.10 Å². The van der Waals surface area contributed by atoms with Gasteiger partial charge in [0.2, 0.25) is 0 Å². The van der Waals surface area contributed by atoms with Crippen LogP contribution in [0.1, 0.15) is 245 Å². The number of ether oxygens (including phenoxy) is 3. The predicted molar refractivity (Wildman–Crippen MR) is 210 cm³/mol. The van der Waals surface area contributed by atoms with Gasteiger partial charge in [-0.05, 0) is 19.3 Å². The van der Waals surface area contributed by atoms with Gasteiger partial charge in [0.15, 0.2) is 6.10 Å². The Morgan fingerprint density at radius 1 is 0.320 bits per heavy atom. The molecule has 1 atom stereocenters. The lowest BCUT2D eigenvalue weighted by Gasteiger charge is -2.18. The quantitative estimate of drug-likeness (QED) is 0.0358. The molecule has 0 radical (unpaired) electrons. The largest absolute Gasteiger partial charge is 0.462 e. The van der Waals surface area contributed by atoms with E-state index in [-0.39, 0.29) is 31.1 Å². The maximum absolute atomic E-state index is 12.7. The fourth-order valence-corrected chi connectivity index (χ4v) is 6.50. The van der Waals surface area contributed by atoms with Crippen LogP contribution >= 0.6 is 0 Å². The summed E-state index contributed by atoms with van der Waals surface area (Å²) in [4.78, 5) is 37.5. The molecule has 0 saturated heterocycles. The average Bonchev–Trinajstić information content (AvgIpc) is 3.11. The van der Waals surface area contributed by atoms with Crippen molar-refractivity contribution in [2.75, 3.05) is 13.2 Å². The first-order chi connectivity index (χ1) is 24.5. The molecule has 0 aliphatic rings. The number of hydrogen-bond acceptors (Lipinski definition) is 6. The minimum atomic E-state index is -0.756. The Kier molecular flexibility index (Phi) is 38.9. The number of carbonyl (C=O) groups is 3. The fraction of sp³-hybridized carbons (Fsp3) is 0.932. The van der Waals surface area contributed by atoms with Crippen molar-refractivity contribution in [1.82, 2.24) is 0 Å². The second kappa shape index (κ2) is 40.2. The molecule has 0 saturated carbocycles. The third-order valence-electron chi connectivity index (χ3n) is 9.86. The third-order valence-corrected chi connectivity index (χ3v) is 9.86. The zero-order valence-corrected chi connectivity index (χ0v) is 33.7. The predicted octanol–water partition coefficient (Wildman–Crippen LogP) is 13.7. The summed E-state index contributed by atoms with van der Waals surface area (Å²) >= 11 is 0. The molecular weight excluding hydrogens is 624 g/mol. The van der Waals surface area contributed by atoms with Gasteiger partial charge in [-0.2, -0.15) is 0 Å². The summed E-state index contributed by atoms with van der Waals surface area (Å²) in [6.45, 7) is 6.60. The summed E-state index contributed by atoms with van der Waals surface area (Å²) in [6.07, 6.45) is 39.5. The van der Waals surface area contributed by atoms with Crippen LogP contribution in [0.15, 0.2) is 0 Å². The lowest BCUT2D eigenvalue weighted by molar-refractivity contribution is -0.167. The average molecular weight is 709 g/mol. The molecule has 50 heavy (non-hydrogen) atoms.